The molecule has 144 valence electrons. The number of nitrogens with zero attached hydrogens (tertiary/aromatic N) is 2. The number of rotatable bonds is 7. The first-order chi connectivity index (χ1) is 14.3. The van der Waals surface area contributed by atoms with Crippen LogP contribution < -0.4 is 5.32 Å². The molecule has 0 aliphatic heterocycles. The summed E-state index contributed by atoms with van der Waals surface area (Å²) < 4.78 is 5.79. The van der Waals surface area contributed by atoms with Crippen molar-refractivity contribution in [2.24, 2.45) is 0 Å². The van der Waals surface area contributed by atoms with Crippen LogP contribution in [0.25, 0.3) is 11.3 Å². The zero-order chi connectivity index (χ0) is 19.9. The van der Waals surface area contributed by atoms with Gasteiger partial charge in [0.2, 0.25) is 5.91 Å². The van der Waals surface area contributed by atoms with Gasteiger partial charge in [0.25, 0.3) is 0 Å². The van der Waals surface area contributed by atoms with E-state index in [0.717, 1.165) is 16.8 Å². The van der Waals surface area contributed by atoms with E-state index in [9.17, 15) is 4.79 Å². The number of carbonyl (C=O) groups excluding carboxylic acids is 1. The van der Waals surface area contributed by atoms with E-state index in [1.165, 1.54) is 0 Å². The van der Waals surface area contributed by atoms with Crippen molar-refractivity contribution in [3.8, 4) is 11.3 Å². The van der Waals surface area contributed by atoms with E-state index in [1.54, 1.807) is 12.4 Å². The molecule has 0 radical (unpaired) electrons. The van der Waals surface area contributed by atoms with E-state index in [2.05, 4.69) is 15.3 Å². The Bertz CT molecular complexity index is 1010. The van der Waals surface area contributed by atoms with Gasteiger partial charge in [0, 0.05) is 24.6 Å². The number of oxazole rings is 1. The van der Waals surface area contributed by atoms with Crippen LogP contribution in [0.15, 0.2) is 95.7 Å². The van der Waals surface area contributed by atoms with Gasteiger partial charge in [-0.25, -0.2) is 4.98 Å². The Kier molecular flexibility index (Phi) is 5.76. The van der Waals surface area contributed by atoms with Gasteiger partial charge in [-0.3, -0.25) is 9.78 Å². The first-order valence-corrected chi connectivity index (χ1v) is 9.55. The van der Waals surface area contributed by atoms with E-state index < -0.39 is 0 Å². The van der Waals surface area contributed by atoms with Crippen molar-refractivity contribution in [3.63, 3.8) is 0 Å². The lowest BCUT2D eigenvalue weighted by Crippen LogP contribution is -2.30. The molecule has 2 aromatic carbocycles. The van der Waals surface area contributed by atoms with Crippen LogP contribution >= 0.6 is 0 Å². The molecular formula is C24H21N3O2. The first kappa shape index (κ1) is 18.6. The van der Waals surface area contributed by atoms with Gasteiger partial charge < -0.3 is 9.73 Å². The summed E-state index contributed by atoms with van der Waals surface area (Å²) in [7, 11) is 0. The van der Waals surface area contributed by atoms with Crippen molar-refractivity contribution in [2.45, 2.75) is 18.9 Å². The highest BCUT2D eigenvalue weighted by molar-refractivity contribution is 5.77. The fraction of sp³-hybridized carbons (Fsp3) is 0.125. The molecule has 0 spiro atoms. The predicted molar refractivity (Wildman–Crippen MR) is 111 cm³/mol. The topological polar surface area (TPSA) is 68.0 Å². The molecule has 4 aromatic rings. The number of carbonyl (C=O) groups is 1. The molecule has 4 rings (SSSR count). The van der Waals surface area contributed by atoms with E-state index in [4.69, 9.17) is 4.42 Å². The summed E-state index contributed by atoms with van der Waals surface area (Å²) in [6, 6.07) is 25.0. The van der Waals surface area contributed by atoms with Crippen molar-refractivity contribution in [1.29, 1.82) is 0 Å². The average Bonchev–Trinajstić information content (AvgIpc) is 3.27. The number of hydrogen-bond donors (Lipinski definition) is 1. The van der Waals surface area contributed by atoms with Gasteiger partial charge in [0.1, 0.15) is 0 Å². The predicted octanol–water partition coefficient (Wildman–Crippen LogP) is 4.58. The molecule has 1 N–H and O–H groups in total. The average molecular weight is 383 g/mol. The molecule has 29 heavy (non-hydrogen) atoms. The molecule has 0 bridgehead atoms. The summed E-state index contributed by atoms with van der Waals surface area (Å²) in [5, 5.41) is 3.09. The Hall–Kier alpha value is -3.73. The van der Waals surface area contributed by atoms with E-state index in [-0.39, 0.29) is 18.4 Å². The smallest absolute Gasteiger partial charge is 0.221 e. The minimum Gasteiger partial charge on any atom is -0.441 e. The maximum atomic E-state index is 12.6. The van der Waals surface area contributed by atoms with Crippen LogP contribution in [-0.2, 0) is 11.2 Å². The number of nitrogens with one attached hydrogen (secondary N) is 1. The number of aromatic nitrogens is 2. The largest absolute Gasteiger partial charge is 0.441 e. The minimum atomic E-state index is -0.297. The Labute approximate surface area is 169 Å². The maximum absolute atomic E-state index is 12.6. The van der Waals surface area contributed by atoms with E-state index in [0.29, 0.717) is 18.1 Å². The number of benzene rings is 2. The molecule has 0 fully saturated rings. The van der Waals surface area contributed by atoms with Crippen LogP contribution in [0.2, 0.25) is 0 Å². The summed E-state index contributed by atoms with van der Waals surface area (Å²) in [5.74, 6) is 1.17. The van der Waals surface area contributed by atoms with Gasteiger partial charge in [-0.2, -0.15) is 0 Å². The minimum absolute atomic E-state index is 0.0797. The normalized spacial score (nSPS) is 11.7. The van der Waals surface area contributed by atoms with Gasteiger partial charge in [0.15, 0.2) is 11.7 Å². The lowest BCUT2D eigenvalue weighted by Gasteiger charge is -2.18. The van der Waals surface area contributed by atoms with Crippen molar-refractivity contribution >= 4 is 5.91 Å². The Balaban J connectivity index is 1.42. The van der Waals surface area contributed by atoms with Gasteiger partial charge in [-0.05, 0) is 17.7 Å². The molecule has 5 nitrogen and oxygen atoms in total. The third kappa shape index (κ3) is 4.76. The molecule has 0 aliphatic carbocycles. The highest BCUT2D eigenvalue weighted by atomic mass is 16.4. The fourth-order valence-electron chi connectivity index (χ4n) is 3.14. The van der Waals surface area contributed by atoms with Crippen molar-refractivity contribution < 1.29 is 9.21 Å². The fourth-order valence-corrected chi connectivity index (χ4v) is 3.14. The second-order valence-electron chi connectivity index (χ2n) is 6.65. The number of aryl methyl sites for hydroxylation is 1. The molecule has 0 saturated heterocycles. The summed E-state index contributed by atoms with van der Waals surface area (Å²) >= 11 is 0. The summed E-state index contributed by atoms with van der Waals surface area (Å²) in [5.41, 5.74) is 2.76. The van der Waals surface area contributed by atoms with Gasteiger partial charge in [-0.1, -0.05) is 66.7 Å². The molecule has 2 aromatic heterocycles. The molecule has 0 saturated carbocycles. The molecule has 5 heteroatoms. The Morgan fingerprint density at radius 1 is 0.897 bits per heavy atom. The zero-order valence-corrected chi connectivity index (χ0v) is 15.9. The lowest BCUT2D eigenvalue weighted by molar-refractivity contribution is -0.121. The highest BCUT2D eigenvalue weighted by Gasteiger charge is 2.18. The Morgan fingerprint density at radius 2 is 1.62 bits per heavy atom. The Morgan fingerprint density at radius 3 is 2.34 bits per heavy atom. The van der Waals surface area contributed by atoms with Crippen molar-refractivity contribution in [2.75, 3.05) is 0 Å². The van der Waals surface area contributed by atoms with E-state index in [1.807, 2.05) is 78.9 Å². The van der Waals surface area contributed by atoms with E-state index >= 15 is 0 Å². The standard InChI is InChI=1S/C24H21N3O2/c28-22(14-15-23-26-17-21(29-23)18-9-3-1-4-10-18)27-24(19-11-5-2-6-12-19)20-13-7-8-16-25-20/h1-13,16-17,24H,14-15H2,(H,27,28). The third-order valence-corrected chi connectivity index (χ3v) is 4.60. The van der Waals surface area contributed by atoms with Crippen LogP contribution in [0.3, 0.4) is 0 Å². The molecule has 1 atom stereocenters. The first-order valence-electron chi connectivity index (χ1n) is 9.55. The van der Waals surface area contributed by atoms with Gasteiger partial charge >= 0.3 is 0 Å². The SMILES string of the molecule is O=C(CCc1ncc(-c2ccccc2)o1)NC(c1ccccc1)c1ccccn1. The zero-order valence-electron chi connectivity index (χ0n) is 15.9. The lowest BCUT2D eigenvalue weighted by atomic mass is 10.0. The second-order valence-corrected chi connectivity index (χ2v) is 6.65. The van der Waals surface area contributed by atoms with Crippen LogP contribution in [0.1, 0.15) is 29.6 Å². The van der Waals surface area contributed by atoms with Crippen LogP contribution in [0, 0.1) is 0 Å². The van der Waals surface area contributed by atoms with Crippen LogP contribution in [0.4, 0.5) is 0 Å². The van der Waals surface area contributed by atoms with Crippen molar-refractivity contribution in [1.82, 2.24) is 15.3 Å². The summed E-state index contributed by atoms with van der Waals surface area (Å²) in [6.45, 7) is 0. The monoisotopic (exact) mass is 383 g/mol. The molecular weight excluding hydrogens is 362 g/mol. The van der Waals surface area contributed by atoms with Crippen LogP contribution in [-0.4, -0.2) is 15.9 Å². The molecule has 2 heterocycles. The second kappa shape index (κ2) is 8.97. The molecule has 0 aliphatic rings. The maximum Gasteiger partial charge on any atom is 0.221 e. The number of amides is 1. The number of hydrogen-bond acceptors (Lipinski definition) is 4. The van der Waals surface area contributed by atoms with Crippen LogP contribution in [0.5, 0.6) is 0 Å². The van der Waals surface area contributed by atoms with Gasteiger partial charge in [-0.15, -0.1) is 0 Å². The quantitative estimate of drug-likeness (QED) is 0.507. The van der Waals surface area contributed by atoms with Gasteiger partial charge in [0.05, 0.1) is 17.9 Å². The molecule has 1 amide bonds. The third-order valence-electron chi connectivity index (χ3n) is 4.60. The summed E-state index contributed by atoms with van der Waals surface area (Å²) in [6.07, 6.45) is 4.14. The number of pyridine rings is 1. The van der Waals surface area contributed by atoms with Crippen molar-refractivity contribution in [3.05, 3.63) is 108 Å². The summed E-state index contributed by atoms with van der Waals surface area (Å²) in [4.78, 5) is 21.4. The molecule has 1 unspecified atom stereocenters. The highest BCUT2D eigenvalue weighted by Crippen LogP contribution is 2.22.